The van der Waals surface area contributed by atoms with Crippen LogP contribution in [0.1, 0.15) is 45.5 Å². The molecule has 1 aliphatic heterocycles. The lowest BCUT2D eigenvalue weighted by atomic mass is 9.87. The molecule has 3 atom stereocenters. The molecule has 0 spiro atoms. The van der Waals surface area contributed by atoms with Gasteiger partial charge in [-0.3, -0.25) is 4.79 Å². The Bertz CT molecular complexity index is 774. The van der Waals surface area contributed by atoms with Crippen LogP contribution in [-0.2, 0) is 4.74 Å². The van der Waals surface area contributed by atoms with Crippen LogP contribution in [0.2, 0.25) is 0 Å². The van der Waals surface area contributed by atoms with Gasteiger partial charge in [0.1, 0.15) is 5.82 Å². The minimum Gasteiger partial charge on any atom is -0.368 e. The molecule has 0 unspecified atom stereocenters. The van der Waals surface area contributed by atoms with Crippen LogP contribution < -0.4 is 5.32 Å². The first kappa shape index (κ1) is 14.5. The Morgan fingerprint density at radius 2 is 1.96 bits per heavy atom. The molecule has 1 N–H and O–H groups in total. The number of hydrogen-bond acceptors (Lipinski definition) is 3. The van der Waals surface area contributed by atoms with E-state index in [-0.39, 0.29) is 29.7 Å². The quantitative estimate of drug-likeness (QED) is 0.925. The monoisotopic (exact) mass is 311 g/mol. The minimum atomic E-state index is -0.332. The second-order valence-electron chi connectivity index (χ2n) is 6.23. The summed E-state index contributed by atoms with van der Waals surface area (Å²) >= 11 is 0. The van der Waals surface area contributed by atoms with E-state index in [9.17, 15) is 9.18 Å². The molecule has 1 aliphatic carbocycles. The molecule has 2 aliphatic rings. The molecule has 4 heteroatoms. The summed E-state index contributed by atoms with van der Waals surface area (Å²) in [5.41, 5.74) is 2.95. The molecular formula is C19H18FNO2. The maximum Gasteiger partial charge on any atom is 0.193 e. The molecule has 1 fully saturated rings. The summed E-state index contributed by atoms with van der Waals surface area (Å²) in [4.78, 5) is 12.9. The van der Waals surface area contributed by atoms with Gasteiger partial charge in [-0.05, 0) is 42.8 Å². The van der Waals surface area contributed by atoms with Crippen LogP contribution in [0.5, 0.6) is 0 Å². The molecule has 1 heterocycles. The molecule has 0 aromatic heterocycles. The summed E-state index contributed by atoms with van der Waals surface area (Å²) in [7, 11) is 1.89. The number of halogens is 1. The fourth-order valence-corrected chi connectivity index (χ4v) is 3.85. The average Bonchev–Trinajstić information content (AvgIpc) is 2.95. The zero-order chi connectivity index (χ0) is 16.0. The first-order valence-electron chi connectivity index (χ1n) is 7.92. The molecule has 1 saturated heterocycles. The fourth-order valence-electron chi connectivity index (χ4n) is 3.85. The van der Waals surface area contributed by atoms with Gasteiger partial charge in [0.05, 0.1) is 12.2 Å². The number of nitrogens with one attached hydrogen (secondary N) is 1. The third-order valence-electron chi connectivity index (χ3n) is 4.82. The number of fused-ring (bicyclic) bond motifs is 5. The summed E-state index contributed by atoms with van der Waals surface area (Å²) in [6.07, 6.45) is 0.616. The molecule has 2 aromatic rings. The summed E-state index contributed by atoms with van der Waals surface area (Å²) in [6, 6.07) is 12.1. The normalized spacial score (nSPS) is 25.5. The minimum absolute atomic E-state index is 0.0428. The van der Waals surface area contributed by atoms with Gasteiger partial charge in [0, 0.05) is 23.6 Å². The smallest absolute Gasteiger partial charge is 0.193 e. The van der Waals surface area contributed by atoms with E-state index in [1.54, 1.807) is 6.07 Å². The molecule has 2 aromatic carbocycles. The van der Waals surface area contributed by atoms with Gasteiger partial charge in [-0.2, -0.15) is 0 Å². The van der Waals surface area contributed by atoms with E-state index in [2.05, 4.69) is 5.32 Å². The first-order chi connectivity index (χ1) is 11.2. The van der Waals surface area contributed by atoms with Crippen molar-refractivity contribution in [1.82, 2.24) is 5.32 Å². The highest BCUT2D eigenvalue weighted by molar-refractivity contribution is 6.11. The van der Waals surface area contributed by atoms with Crippen molar-refractivity contribution in [2.45, 2.75) is 24.5 Å². The predicted octanol–water partition coefficient (Wildman–Crippen LogP) is 3.20. The van der Waals surface area contributed by atoms with Crippen molar-refractivity contribution in [2.24, 2.45) is 0 Å². The van der Waals surface area contributed by atoms with Crippen LogP contribution in [0.4, 0.5) is 4.39 Å². The molecule has 4 rings (SSSR count). The standard InChI is InChI=1S/C19H18FNO2/c1-21-10-12-9-17-13-4-2-3-5-14(13)18(22)15-7-6-11(20)8-16(15)19(17)23-12/h2-8,12,17,19,21H,9-10H2,1H3/t12-,17-,19-/m1/s1. The number of carbonyl (C=O) groups excluding carboxylic acids is 1. The second kappa shape index (κ2) is 5.55. The summed E-state index contributed by atoms with van der Waals surface area (Å²) < 4.78 is 20.0. The van der Waals surface area contributed by atoms with Gasteiger partial charge in [-0.1, -0.05) is 24.3 Å². The highest BCUT2D eigenvalue weighted by atomic mass is 19.1. The Hall–Kier alpha value is -2.04. The van der Waals surface area contributed by atoms with E-state index in [0.29, 0.717) is 16.7 Å². The number of ether oxygens (including phenoxy) is 1. The third kappa shape index (κ3) is 2.30. The van der Waals surface area contributed by atoms with Crippen LogP contribution in [-0.4, -0.2) is 25.5 Å². The SMILES string of the molecule is CNC[C@H]1C[C@@H]2c3ccccc3C(=O)c3ccc(F)cc3[C@H]2O1. The predicted molar refractivity (Wildman–Crippen MR) is 85.2 cm³/mol. The van der Waals surface area contributed by atoms with E-state index in [0.717, 1.165) is 18.5 Å². The van der Waals surface area contributed by atoms with Crippen LogP contribution >= 0.6 is 0 Å². The Labute approximate surface area is 134 Å². The zero-order valence-corrected chi connectivity index (χ0v) is 12.9. The van der Waals surface area contributed by atoms with E-state index >= 15 is 0 Å². The molecule has 0 saturated carbocycles. The van der Waals surface area contributed by atoms with Crippen molar-refractivity contribution < 1.29 is 13.9 Å². The molecule has 0 amide bonds. The van der Waals surface area contributed by atoms with Crippen molar-refractivity contribution >= 4 is 5.78 Å². The van der Waals surface area contributed by atoms with Gasteiger partial charge < -0.3 is 10.1 Å². The molecule has 23 heavy (non-hydrogen) atoms. The Morgan fingerprint density at radius 1 is 1.17 bits per heavy atom. The average molecular weight is 311 g/mol. The summed E-state index contributed by atoms with van der Waals surface area (Å²) in [5, 5.41) is 3.14. The highest BCUT2D eigenvalue weighted by Crippen LogP contribution is 2.49. The Balaban J connectivity index is 1.91. The van der Waals surface area contributed by atoms with Gasteiger partial charge in [0.2, 0.25) is 0 Å². The molecule has 118 valence electrons. The van der Waals surface area contributed by atoms with Crippen LogP contribution in [0.15, 0.2) is 42.5 Å². The first-order valence-corrected chi connectivity index (χ1v) is 7.92. The highest BCUT2D eigenvalue weighted by Gasteiger charge is 2.42. The number of ketones is 1. The van der Waals surface area contributed by atoms with E-state index < -0.39 is 0 Å². The molecular weight excluding hydrogens is 293 g/mol. The van der Waals surface area contributed by atoms with E-state index in [1.165, 1.54) is 12.1 Å². The van der Waals surface area contributed by atoms with Gasteiger partial charge in [-0.15, -0.1) is 0 Å². The van der Waals surface area contributed by atoms with Gasteiger partial charge in [0.15, 0.2) is 5.78 Å². The number of hydrogen-bond donors (Lipinski definition) is 1. The summed E-state index contributed by atoms with van der Waals surface area (Å²) in [6.45, 7) is 0.744. The fraction of sp³-hybridized carbons (Fsp3) is 0.316. The van der Waals surface area contributed by atoms with Crippen LogP contribution in [0, 0.1) is 5.82 Å². The maximum atomic E-state index is 13.8. The van der Waals surface area contributed by atoms with Crippen LogP contribution in [0.3, 0.4) is 0 Å². The van der Waals surface area contributed by atoms with Crippen molar-refractivity contribution in [2.75, 3.05) is 13.6 Å². The van der Waals surface area contributed by atoms with Crippen molar-refractivity contribution in [3.8, 4) is 0 Å². The van der Waals surface area contributed by atoms with Crippen LogP contribution in [0.25, 0.3) is 0 Å². The number of carbonyl (C=O) groups is 1. The number of benzene rings is 2. The number of likely N-dealkylation sites (N-methyl/N-ethyl adjacent to an activating group) is 1. The van der Waals surface area contributed by atoms with Crippen molar-refractivity contribution in [1.29, 1.82) is 0 Å². The van der Waals surface area contributed by atoms with E-state index in [1.807, 2.05) is 31.3 Å². The lowest BCUT2D eigenvalue weighted by Gasteiger charge is -2.19. The van der Waals surface area contributed by atoms with Crippen molar-refractivity contribution in [3.63, 3.8) is 0 Å². The zero-order valence-electron chi connectivity index (χ0n) is 12.9. The largest absolute Gasteiger partial charge is 0.368 e. The van der Waals surface area contributed by atoms with Gasteiger partial charge >= 0.3 is 0 Å². The van der Waals surface area contributed by atoms with Gasteiger partial charge in [-0.25, -0.2) is 4.39 Å². The lowest BCUT2D eigenvalue weighted by Crippen LogP contribution is -2.23. The Kier molecular flexibility index (Phi) is 3.51. The maximum absolute atomic E-state index is 13.8. The lowest BCUT2D eigenvalue weighted by molar-refractivity contribution is 0.0417. The molecule has 0 radical (unpaired) electrons. The van der Waals surface area contributed by atoms with Gasteiger partial charge in [0.25, 0.3) is 0 Å². The second-order valence-corrected chi connectivity index (χ2v) is 6.23. The topological polar surface area (TPSA) is 38.3 Å². The third-order valence-corrected chi connectivity index (χ3v) is 4.82. The Morgan fingerprint density at radius 3 is 2.78 bits per heavy atom. The van der Waals surface area contributed by atoms with E-state index in [4.69, 9.17) is 4.74 Å². The molecule has 0 bridgehead atoms. The van der Waals surface area contributed by atoms with Crippen molar-refractivity contribution in [3.05, 3.63) is 70.5 Å². The summed E-state index contributed by atoms with van der Waals surface area (Å²) in [5.74, 6) is -0.294. The molecule has 3 nitrogen and oxygen atoms in total. The number of rotatable bonds is 2.